The van der Waals surface area contributed by atoms with Crippen molar-refractivity contribution in [1.82, 2.24) is 0 Å². The number of hydrogen-bond acceptors (Lipinski definition) is 2. The number of hydrogen-bond donors (Lipinski definition) is 0. The molecule has 0 saturated heterocycles. The van der Waals surface area contributed by atoms with Gasteiger partial charge in [-0.1, -0.05) is 170 Å². The van der Waals surface area contributed by atoms with Gasteiger partial charge in [0.15, 0.2) is 0 Å². The molecule has 11 rings (SSSR count). The highest BCUT2D eigenvalue weighted by Gasteiger charge is 2.23. The van der Waals surface area contributed by atoms with E-state index in [-0.39, 0.29) is 0 Å². The second-order valence-electron chi connectivity index (χ2n) is 15.1. The average Bonchev–Trinajstić information content (AvgIpc) is 3.69. The van der Waals surface area contributed by atoms with Crippen LogP contribution in [0.5, 0.6) is 0 Å². The third kappa shape index (κ3) is 5.81. The fourth-order valence-electron chi connectivity index (χ4n) is 9.01. The summed E-state index contributed by atoms with van der Waals surface area (Å²) in [5.74, 6) is 0.985. The first-order valence-corrected chi connectivity index (χ1v) is 20.1. The molecule has 0 N–H and O–H groups in total. The Morgan fingerprint density at radius 1 is 0.362 bits per heavy atom. The van der Waals surface area contributed by atoms with E-state index in [1.54, 1.807) is 0 Å². The summed E-state index contributed by atoms with van der Waals surface area (Å²) in [5, 5.41) is 6.14. The number of para-hydroxylation sites is 1. The maximum Gasteiger partial charge on any atom is 0.142 e. The second-order valence-corrected chi connectivity index (χ2v) is 15.1. The third-order valence-electron chi connectivity index (χ3n) is 11.8. The summed E-state index contributed by atoms with van der Waals surface area (Å²) in [6.45, 7) is 0. The van der Waals surface area contributed by atoms with Gasteiger partial charge in [0.25, 0.3) is 0 Å². The molecule has 0 bridgehead atoms. The minimum absolute atomic E-state index is 0.960. The smallest absolute Gasteiger partial charge is 0.142 e. The lowest BCUT2D eigenvalue weighted by molar-refractivity contribution is 0.596. The minimum atomic E-state index is 0.960. The predicted molar refractivity (Wildman–Crippen MR) is 245 cm³/mol. The van der Waals surface area contributed by atoms with Gasteiger partial charge in [-0.05, 0) is 110 Å². The highest BCUT2D eigenvalue weighted by Crippen LogP contribution is 2.48. The number of benzene rings is 9. The van der Waals surface area contributed by atoms with E-state index in [2.05, 4.69) is 217 Å². The number of aryl methyl sites for hydroxylation is 1. The zero-order chi connectivity index (χ0) is 38.4. The van der Waals surface area contributed by atoms with Gasteiger partial charge in [0, 0.05) is 39.1 Å². The molecule has 58 heavy (non-hydrogen) atoms. The monoisotopic (exact) mass is 741 g/mol. The Bertz CT molecular complexity index is 3040. The Morgan fingerprint density at radius 3 is 1.36 bits per heavy atom. The molecule has 2 nitrogen and oxygen atoms in total. The van der Waals surface area contributed by atoms with E-state index in [0.29, 0.717) is 0 Å². The lowest BCUT2D eigenvalue weighted by Crippen LogP contribution is -2.09. The third-order valence-corrected chi connectivity index (χ3v) is 11.8. The number of nitrogens with zero attached hydrogens (tertiary/aromatic N) is 1. The lowest BCUT2D eigenvalue weighted by atomic mass is 9.84. The number of allylic oxidation sites excluding steroid dienone is 1. The van der Waals surface area contributed by atoms with Crippen molar-refractivity contribution < 1.29 is 4.42 Å². The van der Waals surface area contributed by atoms with E-state index in [1.807, 2.05) is 0 Å². The minimum Gasteiger partial charge on any atom is -0.456 e. The number of furan rings is 1. The van der Waals surface area contributed by atoms with Crippen LogP contribution in [0.25, 0.3) is 83.1 Å². The summed E-state index contributed by atoms with van der Waals surface area (Å²) < 4.78 is 6.76. The van der Waals surface area contributed by atoms with Crippen molar-refractivity contribution in [1.29, 1.82) is 0 Å². The molecule has 10 aromatic rings. The molecule has 0 radical (unpaired) electrons. The molecule has 9 aromatic carbocycles. The molecule has 274 valence electrons. The van der Waals surface area contributed by atoms with Crippen molar-refractivity contribution >= 4 is 55.7 Å². The summed E-state index contributed by atoms with van der Waals surface area (Å²) in [6, 6.07) is 72.5. The first-order valence-electron chi connectivity index (χ1n) is 20.1. The average molecular weight is 742 g/mol. The molecule has 0 aliphatic heterocycles. The molecule has 1 aromatic heterocycles. The summed E-state index contributed by atoms with van der Waals surface area (Å²) in [4.78, 5) is 2.36. The molecular weight excluding hydrogens is 703 g/mol. The predicted octanol–water partition coefficient (Wildman–Crippen LogP) is 15.8. The fourth-order valence-corrected chi connectivity index (χ4v) is 9.01. The Labute approximate surface area is 338 Å². The van der Waals surface area contributed by atoms with Crippen molar-refractivity contribution in [2.75, 3.05) is 4.90 Å². The van der Waals surface area contributed by atoms with Crippen molar-refractivity contribution in [2.24, 2.45) is 0 Å². The summed E-state index contributed by atoms with van der Waals surface area (Å²) in [5.41, 5.74) is 15.0. The van der Waals surface area contributed by atoms with E-state index < -0.39 is 0 Å². The standard InChI is InChI=1S/C56H39NO/c1-3-14-38(15-4-1)40-26-32-43(33-27-40)57(44-34-28-41(29-35-44)39-16-5-2-6-17-39)45-36-30-42(31-37-45)54-49-21-9-7-18-46(49)47-19-8-10-22-50(47)55(54)52-24-13-23-51-48-20-11-12-25-53(48)58-56(51)52/h1-10,12-19,21-37H,11,20H2. The quantitative estimate of drug-likeness (QED) is 0.151. The van der Waals surface area contributed by atoms with Gasteiger partial charge in [-0.3, -0.25) is 0 Å². The van der Waals surface area contributed by atoms with E-state index in [4.69, 9.17) is 4.42 Å². The van der Waals surface area contributed by atoms with Gasteiger partial charge in [0.2, 0.25) is 0 Å². The summed E-state index contributed by atoms with van der Waals surface area (Å²) in [7, 11) is 0. The first kappa shape index (κ1) is 33.9. The second kappa shape index (κ2) is 14.3. The zero-order valence-electron chi connectivity index (χ0n) is 32.0. The number of anilines is 3. The lowest BCUT2D eigenvalue weighted by Gasteiger charge is -2.26. The Kier molecular flexibility index (Phi) is 8.33. The SMILES string of the molecule is C1=Cc2oc3c(-c4c(-c5ccc(N(c6ccc(-c7ccccc7)cc6)c6ccc(-c7ccccc7)cc6)cc5)c5ccccc5c5ccccc45)cccc3c2CC1. The highest BCUT2D eigenvalue weighted by atomic mass is 16.3. The molecule has 2 heteroatoms. The Hall–Kier alpha value is -7.42. The molecule has 0 amide bonds. The van der Waals surface area contributed by atoms with Crippen molar-refractivity contribution in [3.63, 3.8) is 0 Å². The maximum absolute atomic E-state index is 6.76. The van der Waals surface area contributed by atoms with Crippen LogP contribution in [0.4, 0.5) is 17.1 Å². The summed E-state index contributed by atoms with van der Waals surface area (Å²) in [6.07, 6.45) is 6.40. The molecule has 0 spiro atoms. The van der Waals surface area contributed by atoms with Crippen LogP contribution in [0.15, 0.2) is 211 Å². The Morgan fingerprint density at radius 2 is 0.810 bits per heavy atom. The molecule has 0 fully saturated rings. The van der Waals surface area contributed by atoms with Gasteiger partial charge in [-0.15, -0.1) is 0 Å². The van der Waals surface area contributed by atoms with E-state index in [9.17, 15) is 0 Å². The van der Waals surface area contributed by atoms with E-state index in [1.165, 1.54) is 65.9 Å². The van der Waals surface area contributed by atoms with Gasteiger partial charge >= 0.3 is 0 Å². The van der Waals surface area contributed by atoms with Crippen molar-refractivity contribution in [2.45, 2.75) is 12.8 Å². The van der Waals surface area contributed by atoms with Crippen LogP contribution in [-0.2, 0) is 6.42 Å². The van der Waals surface area contributed by atoms with Crippen LogP contribution < -0.4 is 4.90 Å². The van der Waals surface area contributed by atoms with Gasteiger partial charge < -0.3 is 9.32 Å². The van der Waals surface area contributed by atoms with Gasteiger partial charge in [-0.25, -0.2) is 0 Å². The molecule has 1 aliphatic carbocycles. The molecule has 0 saturated carbocycles. The topological polar surface area (TPSA) is 16.4 Å². The van der Waals surface area contributed by atoms with E-state index >= 15 is 0 Å². The molecular formula is C56H39NO. The molecule has 0 atom stereocenters. The number of fused-ring (bicyclic) bond motifs is 6. The van der Waals surface area contributed by atoms with E-state index in [0.717, 1.165) is 52.4 Å². The van der Waals surface area contributed by atoms with Gasteiger partial charge in [0.1, 0.15) is 11.3 Å². The Balaban J connectivity index is 1.09. The van der Waals surface area contributed by atoms with Crippen LogP contribution >= 0.6 is 0 Å². The normalized spacial score (nSPS) is 12.3. The van der Waals surface area contributed by atoms with Crippen LogP contribution in [-0.4, -0.2) is 0 Å². The largest absolute Gasteiger partial charge is 0.456 e. The molecule has 1 aliphatic rings. The van der Waals surface area contributed by atoms with Crippen molar-refractivity contribution in [3.8, 4) is 44.5 Å². The van der Waals surface area contributed by atoms with Crippen LogP contribution in [0.3, 0.4) is 0 Å². The first-order chi connectivity index (χ1) is 28.8. The number of rotatable bonds is 7. The van der Waals surface area contributed by atoms with Gasteiger partial charge in [0.05, 0.1) is 0 Å². The molecule has 1 heterocycles. The zero-order valence-corrected chi connectivity index (χ0v) is 32.0. The van der Waals surface area contributed by atoms with Crippen LogP contribution in [0.2, 0.25) is 0 Å². The van der Waals surface area contributed by atoms with Gasteiger partial charge in [-0.2, -0.15) is 0 Å². The van der Waals surface area contributed by atoms with Crippen LogP contribution in [0, 0.1) is 0 Å². The fraction of sp³-hybridized carbons (Fsp3) is 0.0357. The highest BCUT2D eigenvalue weighted by molar-refractivity contribution is 6.23. The maximum atomic E-state index is 6.76. The van der Waals surface area contributed by atoms with Crippen molar-refractivity contribution in [3.05, 3.63) is 218 Å². The van der Waals surface area contributed by atoms with Crippen LogP contribution in [0.1, 0.15) is 17.7 Å². The molecule has 0 unspecified atom stereocenters. The summed E-state index contributed by atoms with van der Waals surface area (Å²) >= 11 is 0.